The van der Waals surface area contributed by atoms with Crippen LogP contribution in [0.5, 0.6) is 0 Å². The van der Waals surface area contributed by atoms with E-state index in [0.717, 1.165) is 16.8 Å². The van der Waals surface area contributed by atoms with E-state index < -0.39 is 11.9 Å². The number of aromatic nitrogens is 1. The SMILES string of the molecule is C[C@@H]1c2onc(-c3ccc(Cl)cc3)c2CC[C@H]1C(=O)O. The van der Waals surface area contributed by atoms with Gasteiger partial charge in [0.05, 0.1) is 5.92 Å². The first-order valence-corrected chi connectivity index (χ1v) is 6.93. The molecule has 104 valence electrons. The summed E-state index contributed by atoms with van der Waals surface area (Å²) in [6.45, 7) is 1.88. The van der Waals surface area contributed by atoms with Gasteiger partial charge in [-0.3, -0.25) is 4.79 Å². The van der Waals surface area contributed by atoms with E-state index in [0.29, 0.717) is 23.6 Å². The van der Waals surface area contributed by atoms with E-state index in [4.69, 9.17) is 16.1 Å². The molecule has 0 amide bonds. The van der Waals surface area contributed by atoms with Crippen molar-refractivity contribution in [1.82, 2.24) is 5.16 Å². The van der Waals surface area contributed by atoms with Gasteiger partial charge in [-0.25, -0.2) is 0 Å². The number of benzene rings is 1. The van der Waals surface area contributed by atoms with Crippen molar-refractivity contribution in [3.05, 3.63) is 40.6 Å². The van der Waals surface area contributed by atoms with E-state index in [1.807, 2.05) is 31.2 Å². The monoisotopic (exact) mass is 291 g/mol. The molecule has 0 bridgehead atoms. The van der Waals surface area contributed by atoms with Crippen LogP contribution in [-0.2, 0) is 11.2 Å². The van der Waals surface area contributed by atoms with E-state index in [9.17, 15) is 9.90 Å². The van der Waals surface area contributed by atoms with Gasteiger partial charge in [0.2, 0.25) is 0 Å². The van der Waals surface area contributed by atoms with Gasteiger partial charge in [0, 0.05) is 22.1 Å². The zero-order chi connectivity index (χ0) is 14.3. The van der Waals surface area contributed by atoms with Crippen LogP contribution in [0.3, 0.4) is 0 Å². The van der Waals surface area contributed by atoms with Crippen molar-refractivity contribution < 1.29 is 14.4 Å². The maximum absolute atomic E-state index is 11.2. The van der Waals surface area contributed by atoms with Crippen LogP contribution in [0.15, 0.2) is 28.8 Å². The molecule has 0 saturated heterocycles. The number of nitrogens with zero attached hydrogens (tertiary/aromatic N) is 1. The van der Waals surface area contributed by atoms with Gasteiger partial charge in [-0.1, -0.05) is 35.8 Å². The molecule has 1 N–H and O–H groups in total. The molecule has 2 atom stereocenters. The molecule has 20 heavy (non-hydrogen) atoms. The molecule has 5 heteroatoms. The smallest absolute Gasteiger partial charge is 0.307 e. The van der Waals surface area contributed by atoms with Crippen molar-refractivity contribution in [2.24, 2.45) is 5.92 Å². The summed E-state index contributed by atoms with van der Waals surface area (Å²) in [4.78, 5) is 11.2. The molecule has 0 aliphatic heterocycles. The second-order valence-electron chi connectivity index (χ2n) is 5.15. The molecule has 4 nitrogen and oxygen atoms in total. The Morgan fingerprint density at radius 1 is 1.40 bits per heavy atom. The number of rotatable bonds is 2. The lowest BCUT2D eigenvalue weighted by Crippen LogP contribution is -2.25. The van der Waals surface area contributed by atoms with Crippen LogP contribution >= 0.6 is 11.6 Å². The maximum Gasteiger partial charge on any atom is 0.307 e. The number of hydrogen-bond donors (Lipinski definition) is 1. The fourth-order valence-corrected chi connectivity index (χ4v) is 2.95. The van der Waals surface area contributed by atoms with Crippen LogP contribution in [-0.4, -0.2) is 16.2 Å². The first-order chi connectivity index (χ1) is 9.58. The lowest BCUT2D eigenvalue weighted by molar-refractivity contribution is -0.143. The Bertz CT molecular complexity index is 648. The molecule has 1 aromatic heterocycles. The lowest BCUT2D eigenvalue weighted by atomic mass is 9.79. The molecule has 0 spiro atoms. The van der Waals surface area contributed by atoms with E-state index >= 15 is 0 Å². The number of aliphatic carboxylic acids is 1. The first kappa shape index (κ1) is 13.2. The topological polar surface area (TPSA) is 63.3 Å². The standard InChI is InChI=1S/C15H14ClNO3/c1-8-11(15(18)19)6-7-12-13(17-20-14(8)12)9-2-4-10(16)5-3-9/h2-5,8,11H,6-7H2,1H3,(H,18,19)/t8-,11+/m0/s1. The Balaban J connectivity index is 2.00. The highest BCUT2D eigenvalue weighted by atomic mass is 35.5. The number of carboxylic acids is 1. The van der Waals surface area contributed by atoms with Crippen molar-refractivity contribution in [3.8, 4) is 11.3 Å². The van der Waals surface area contributed by atoms with Crippen molar-refractivity contribution in [2.45, 2.75) is 25.7 Å². The van der Waals surface area contributed by atoms with Gasteiger partial charge in [0.1, 0.15) is 11.5 Å². The average Bonchev–Trinajstić information content (AvgIpc) is 2.84. The molecule has 2 aromatic rings. The highest BCUT2D eigenvalue weighted by molar-refractivity contribution is 6.30. The summed E-state index contributed by atoms with van der Waals surface area (Å²) in [7, 11) is 0. The van der Waals surface area contributed by atoms with E-state index in [2.05, 4.69) is 5.16 Å². The number of halogens is 1. The highest BCUT2D eigenvalue weighted by Gasteiger charge is 2.36. The molecule has 0 fully saturated rings. The minimum atomic E-state index is -0.771. The molecular formula is C15H14ClNO3. The normalized spacial score (nSPS) is 21.5. The Labute approximate surface area is 121 Å². The molecular weight excluding hydrogens is 278 g/mol. The summed E-state index contributed by atoms with van der Waals surface area (Å²) in [6, 6.07) is 7.41. The molecule has 1 heterocycles. The molecule has 3 rings (SSSR count). The fourth-order valence-electron chi connectivity index (χ4n) is 2.83. The highest BCUT2D eigenvalue weighted by Crippen LogP contribution is 2.40. The van der Waals surface area contributed by atoms with Crippen LogP contribution in [0.4, 0.5) is 0 Å². The van der Waals surface area contributed by atoms with Gasteiger partial charge in [-0.05, 0) is 25.0 Å². The molecule has 0 saturated carbocycles. The minimum Gasteiger partial charge on any atom is -0.481 e. The third-order valence-electron chi connectivity index (χ3n) is 3.98. The zero-order valence-electron chi connectivity index (χ0n) is 11.0. The number of carbonyl (C=O) groups is 1. The predicted molar refractivity (Wildman–Crippen MR) is 74.8 cm³/mol. The number of fused-ring (bicyclic) bond motifs is 1. The lowest BCUT2D eigenvalue weighted by Gasteiger charge is -2.23. The van der Waals surface area contributed by atoms with Crippen LogP contribution in [0, 0.1) is 5.92 Å². The van der Waals surface area contributed by atoms with Crippen molar-refractivity contribution in [2.75, 3.05) is 0 Å². The molecule has 1 aromatic carbocycles. The van der Waals surface area contributed by atoms with Gasteiger partial charge in [0.25, 0.3) is 0 Å². The average molecular weight is 292 g/mol. The Hall–Kier alpha value is -1.81. The maximum atomic E-state index is 11.2. The van der Waals surface area contributed by atoms with Gasteiger partial charge in [0.15, 0.2) is 0 Å². The second kappa shape index (κ2) is 4.94. The largest absolute Gasteiger partial charge is 0.481 e. The number of hydrogen-bond acceptors (Lipinski definition) is 3. The van der Waals surface area contributed by atoms with Crippen LogP contribution < -0.4 is 0 Å². The van der Waals surface area contributed by atoms with Gasteiger partial charge < -0.3 is 9.63 Å². The van der Waals surface area contributed by atoms with Crippen LogP contribution in [0.2, 0.25) is 5.02 Å². The molecule has 0 unspecified atom stereocenters. The summed E-state index contributed by atoms with van der Waals surface area (Å²) in [6.07, 6.45) is 1.30. The molecule has 1 aliphatic rings. The molecule has 1 aliphatic carbocycles. The van der Waals surface area contributed by atoms with Gasteiger partial charge in [-0.2, -0.15) is 0 Å². The summed E-state index contributed by atoms with van der Waals surface area (Å²) in [5.74, 6) is -0.612. The zero-order valence-corrected chi connectivity index (χ0v) is 11.7. The van der Waals surface area contributed by atoms with Gasteiger partial charge in [-0.15, -0.1) is 0 Å². The fraction of sp³-hybridized carbons (Fsp3) is 0.333. The number of carboxylic acid groups (broad SMARTS) is 1. The second-order valence-corrected chi connectivity index (χ2v) is 5.59. The van der Waals surface area contributed by atoms with E-state index in [1.54, 1.807) is 0 Å². The summed E-state index contributed by atoms with van der Waals surface area (Å²) >= 11 is 5.88. The minimum absolute atomic E-state index is 0.148. The summed E-state index contributed by atoms with van der Waals surface area (Å²) in [5, 5.41) is 14.0. The molecule has 0 radical (unpaired) electrons. The third-order valence-corrected chi connectivity index (χ3v) is 4.23. The first-order valence-electron chi connectivity index (χ1n) is 6.55. The Kier molecular flexibility index (Phi) is 3.26. The third kappa shape index (κ3) is 2.10. The van der Waals surface area contributed by atoms with Gasteiger partial charge >= 0.3 is 5.97 Å². The summed E-state index contributed by atoms with van der Waals surface area (Å²) < 4.78 is 5.42. The Morgan fingerprint density at radius 2 is 2.10 bits per heavy atom. The van der Waals surface area contributed by atoms with E-state index in [1.165, 1.54) is 0 Å². The van der Waals surface area contributed by atoms with E-state index in [-0.39, 0.29) is 5.92 Å². The van der Waals surface area contributed by atoms with Crippen LogP contribution in [0.25, 0.3) is 11.3 Å². The predicted octanol–water partition coefficient (Wildman–Crippen LogP) is 3.75. The van der Waals surface area contributed by atoms with Crippen molar-refractivity contribution in [3.63, 3.8) is 0 Å². The van der Waals surface area contributed by atoms with Crippen LogP contribution in [0.1, 0.15) is 30.6 Å². The van der Waals surface area contributed by atoms with Crippen molar-refractivity contribution in [1.29, 1.82) is 0 Å². The Morgan fingerprint density at radius 3 is 2.75 bits per heavy atom. The quantitative estimate of drug-likeness (QED) is 0.915. The summed E-state index contributed by atoms with van der Waals surface area (Å²) in [5.41, 5.74) is 2.77. The van der Waals surface area contributed by atoms with Crippen molar-refractivity contribution >= 4 is 17.6 Å².